The van der Waals surface area contributed by atoms with Crippen LogP contribution >= 0.6 is 35.4 Å². The molecule has 1 rings (SSSR count). The Balaban J connectivity index is 2.32. The lowest BCUT2D eigenvalue weighted by molar-refractivity contribution is -0.121. The first-order valence-electron chi connectivity index (χ1n) is 6.70. The van der Waals surface area contributed by atoms with E-state index in [1.165, 1.54) is 0 Å². The van der Waals surface area contributed by atoms with Gasteiger partial charge in [0.15, 0.2) is 5.11 Å². The van der Waals surface area contributed by atoms with Crippen molar-refractivity contribution in [1.82, 2.24) is 10.9 Å². The molecule has 0 aromatic heterocycles. The van der Waals surface area contributed by atoms with E-state index in [0.29, 0.717) is 16.5 Å². The maximum atomic E-state index is 11.4. The zero-order valence-corrected chi connectivity index (χ0v) is 14.1. The van der Waals surface area contributed by atoms with E-state index < -0.39 is 0 Å². The maximum absolute atomic E-state index is 11.4. The Bertz CT molecular complexity index is 491. The van der Waals surface area contributed by atoms with Crippen molar-refractivity contribution < 1.29 is 4.79 Å². The van der Waals surface area contributed by atoms with Gasteiger partial charge in [-0.3, -0.25) is 15.6 Å². The fourth-order valence-electron chi connectivity index (χ4n) is 2.06. The number of benzene rings is 1. The molecule has 0 fully saturated rings. The summed E-state index contributed by atoms with van der Waals surface area (Å²) in [5.74, 6) is 0.121. The highest BCUT2D eigenvalue weighted by molar-refractivity contribution is 7.80. The highest BCUT2D eigenvalue weighted by Gasteiger charge is 2.13. The Morgan fingerprint density at radius 3 is 2.48 bits per heavy atom. The molecule has 0 bridgehead atoms. The van der Waals surface area contributed by atoms with Crippen LogP contribution in [0.3, 0.4) is 0 Å². The fourth-order valence-corrected chi connectivity index (χ4v) is 2.88. The number of hydrazine groups is 1. The number of nitrogens with one attached hydrogen (secondary N) is 2. The third-order valence-electron chi connectivity index (χ3n) is 3.11. The molecule has 0 aliphatic carbocycles. The Kier molecular flexibility index (Phi) is 7.78. The minimum absolute atomic E-state index is 0.0466. The predicted molar refractivity (Wildman–Crippen MR) is 91.4 cm³/mol. The second-order valence-electron chi connectivity index (χ2n) is 4.82. The van der Waals surface area contributed by atoms with Crippen molar-refractivity contribution in [3.63, 3.8) is 0 Å². The number of amides is 1. The normalized spacial score (nSPS) is 11.8. The summed E-state index contributed by atoms with van der Waals surface area (Å²) in [6.07, 6.45) is 3.01. The van der Waals surface area contributed by atoms with Crippen LogP contribution in [-0.4, -0.2) is 11.0 Å². The standard InChI is InChI=1S/C14H19Cl2N3OS/c1-9(13-10(15)6-4-7-11(13)16)5-2-3-8-12(20)18-19-14(17)21/h4,6-7,9H,2-3,5,8H2,1H3,(H,18,20)(H3,17,19,21). The van der Waals surface area contributed by atoms with Gasteiger partial charge in [0.05, 0.1) is 0 Å². The Morgan fingerprint density at radius 2 is 1.90 bits per heavy atom. The summed E-state index contributed by atoms with van der Waals surface area (Å²) in [6, 6.07) is 5.52. The van der Waals surface area contributed by atoms with Crippen LogP contribution in [0.1, 0.15) is 44.1 Å². The van der Waals surface area contributed by atoms with Gasteiger partial charge in [0.2, 0.25) is 5.91 Å². The van der Waals surface area contributed by atoms with Crippen molar-refractivity contribution in [3.05, 3.63) is 33.8 Å². The molecule has 1 amide bonds. The highest BCUT2D eigenvalue weighted by Crippen LogP contribution is 2.34. The van der Waals surface area contributed by atoms with E-state index in [4.69, 9.17) is 28.9 Å². The summed E-state index contributed by atoms with van der Waals surface area (Å²) in [4.78, 5) is 11.4. The molecule has 0 radical (unpaired) electrons. The molecule has 21 heavy (non-hydrogen) atoms. The molecular weight excluding hydrogens is 329 g/mol. The zero-order valence-electron chi connectivity index (χ0n) is 11.8. The first kappa shape index (κ1) is 18.0. The molecule has 7 heteroatoms. The summed E-state index contributed by atoms with van der Waals surface area (Å²) < 4.78 is 0. The molecule has 1 unspecified atom stereocenters. The third kappa shape index (κ3) is 6.50. The van der Waals surface area contributed by atoms with E-state index in [1.807, 2.05) is 18.2 Å². The van der Waals surface area contributed by atoms with E-state index in [-0.39, 0.29) is 16.9 Å². The van der Waals surface area contributed by atoms with Gasteiger partial charge in [-0.25, -0.2) is 0 Å². The third-order valence-corrected chi connectivity index (χ3v) is 3.87. The molecule has 0 saturated carbocycles. The van der Waals surface area contributed by atoms with Gasteiger partial charge < -0.3 is 5.73 Å². The van der Waals surface area contributed by atoms with Gasteiger partial charge in [-0.15, -0.1) is 0 Å². The van der Waals surface area contributed by atoms with Gasteiger partial charge in [-0.1, -0.05) is 42.6 Å². The van der Waals surface area contributed by atoms with E-state index in [1.54, 1.807) is 0 Å². The van der Waals surface area contributed by atoms with Gasteiger partial charge in [0, 0.05) is 16.5 Å². The number of unbranched alkanes of at least 4 members (excludes halogenated alkanes) is 1. The number of hydrogen-bond acceptors (Lipinski definition) is 2. The predicted octanol–water partition coefficient (Wildman–Crippen LogP) is 3.52. The van der Waals surface area contributed by atoms with Crippen LogP contribution < -0.4 is 16.6 Å². The lowest BCUT2D eigenvalue weighted by atomic mass is 9.95. The monoisotopic (exact) mass is 347 g/mol. The number of hydrogen-bond donors (Lipinski definition) is 3. The number of rotatable bonds is 6. The van der Waals surface area contributed by atoms with Crippen LogP contribution in [0.2, 0.25) is 10.0 Å². The number of thiocarbonyl (C=S) groups is 1. The SMILES string of the molecule is CC(CCCCC(=O)NNC(N)=S)c1c(Cl)cccc1Cl. The molecule has 1 atom stereocenters. The second kappa shape index (κ2) is 9.07. The van der Waals surface area contributed by atoms with Crippen molar-refractivity contribution in [1.29, 1.82) is 0 Å². The maximum Gasteiger partial charge on any atom is 0.238 e. The Labute approximate surface area is 140 Å². The average molecular weight is 348 g/mol. The van der Waals surface area contributed by atoms with Crippen molar-refractivity contribution in [2.75, 3.05) is 0 Å². The molecule has 0 heterocycles. The molecular formula is C14H19Cl2N3OS. The molecule has 4 N–H and O–H groups in total. The van der Waals surface area contributed by atoms with E-state index >= 15 is 0 Å². The number of carbonyl (C=O) groups is 1. The lowest BCUT2D eigenvalue weighted by Gasteiger charge is -2.15. The molecule has 0 aliphatic rings. The van der Waals surface area contributed by atoms with Gasteiger partial charge >= 0.3 is 0 Å². The van der Waals surface area contributed by atoms with Crippen molar-refractivity contribution >= 4 is 46.4 Å². The smallest absolute Gasteiger partial charge is 0.238 e. The fraction of sp³-hybridized carbons (Fsp3) is 0.429. The summed E-state index contributed by atoms with van der Waals surface area (Å²) in [5.41, 5.74) is 11.0. The van der Waals surface area contributed by atoms with E-state index in [9.17, 15) is 4.79 Å². The molecule has 1 aromatic rings. The van der Waals surface area contributed by atoms with Crippen LogP contribution in [0.25, 0.3) is 0 Å². The topological polar surface area (TPSA) is 67.2 Å². The van der Waals surface area contributed by atoms with Crippen molar-refractivity contribution in [3.8, 4) is 0 Å². The summed E-state index contributed by atoms with van der Waals surface area (Å²) >= 11 is 16.9. The first-order valence-corrected chi connectivity index (χ1v) is 7.86. The van der Waals surface area contributed by atoms with Gasteiger partial charge in [-0.05, 0) is 48.7 Å². The van der Waals surface area contributed by atoms with Crippen LogP contribution in [0.15, 0.2) is 18.2 Å². The molecule has 0 saturated heterocycles. The van der Waals surface area contributed by atoms with Crippen LogP contribution in [0.4, 0.5) is 0 Å². The van der Waals surface area contributed by atoms with Gasteiger partial charge in [0.25, 0.3) is 0 Å². The van der Waals surface area contributed by atoms with E-state index in [2.05, 4.69) is 30.0 Å². The molecule has 0 spiro atoms. The number of halogens is 2. The van der Waals surface area contributed by atoms with Crippen LogP contribution in [0, 0.1) is 0 Å². The number of carbonyl (C=O) groups excluding carboxylic acids is 1. The Morgan fingerprint density at radius 1 is 1.29 bits per heavy atom. The molecule has 1 aromatic carbocycles. The lowest BCUT2D eigenvalue weighted by Crippen LogP contribution is -2.44. The molecule has 4 nitrogen and oxygen atoms in total. The number of nitrogens with two attached hydrogens (primary N) is 1. The summed E-state index contributed by atoms with van der Waals surface area (Å²) in [6.45, 7) is 2.08. The van der Waals surface area contributed by atoms with Gasteiger partial charge in [-0.2, -0.15) is 0 Å². The first-order chi connectivity index (χ1) is 9.91. The average Bonchev–Trinajstić information content (AvgIpc) is 2.41. The largest absolute Gasteiger partial charge is 0.375 e. The van der Waals surface area contributed by atoms with Gasteiger partial charge in [0.1, 0.15) is 0 Å². The molecule has 0 aliphatic heterocycles. The summed E-state index contributed by atoms with van der Waals surface area (Å²) in [5, 5.41) is 1.42. The van der Waals surface area contributed by atoms with Crippen molar-refractivity contribution in [2.45, 2.75) is 38.5 Å². The Hall–Kier alpha value is -1.04. The minimum atomic E-state index is -0.133. The van der Waals surface area contributed by atoms with E-state index in [0.717, 1.165) is 24.8 Å². The zero-order chi connectivity index (χ0) is 15.8. The molecule has 116 valence electrons. The quantitative estimate of drug-likeness (QED) is 0.418. The van der Waals surface area contributed by atoms with Crippen LogP contribution in [0.5, 0.6) is 0 Å². The van der Waals surface area contributed by atoms with Crippen molar-refractivity contribution in [2.24, 2.45) is 5.73 Å². The minimum Gasteiger partial charge on any atom is -0.375 e. The summed E-state index contributed by atoms with van der Waals surface area (Å²) in [7, 11) is 0. The van der Waals surface area contributed by atoms with Crippen LogP contribution in [-0.2, 0) is 4.79 Å². The highest BCUT2D eigenvalue weighted by atomic mass is 35.5. The second-order valence-corrected chi connectivity index (χ2v) is 6.07.